The third kappa shape index (κ3) is 4.71. The SMILES string of the molecule is C[C@@H](O[C@H](C)C(F)(F)F)[C@H](N)c1nc2ccc([C@H](C(C(N)=O)[C@@H]3CC3(F)F)C3(C#N)CC3)cc2[nH]1. The third-order valence-electron chi connectivity index (χ3n) is 7.19. The van der Waals surface area contributed by atoms with Crippen LogP contribution < -0.4 is 11.5 Å². The molecule has 1 aromatic heterocycles. The fraction of sp³-hybridized carbons (Fsp3) is 0.609. The van der Waals surface area contributed by atoms with Crippen LogP contribution in [-0.2, 0) is 9.53 Å². The second-order valence-corrected chi connectivity index (χ2v) is 9.69. The fourth-order valence-corrected chi connectivity index (χ4v) is 4.82. The molecule has 1 unspecified atom stereocenters. The van der Waals surface area contributed by atoms with E-state index in [1.807, 2.05) is 0 Å². The Hall–Kier alpha value is -2.78. The Labute approximate surface area is 198 Å². The number of benzene rings is 1. The molecule has 6 atom stereocenters. The van der Waals surface area contributed by atoms with Crippen molar-refractivity contribution in [3.8, 4) is 6.07 Å². The molecule has 1 heterocycles. The molecule has 0 radical (unpaired) electrons. The van der Waals surface area contributed by atoms with E-state index >= 15 is 0 Å². The number of H-pyrrole nitrogens is 1. The monoisotopic (exact) mass is 499 g/mol. The van der Waals surface area contributed by atoms with Gasteiger partial charge in [-0.2, -0.15) is 18.4 Å². The van der Waals surface area contributed by atoms with Crippen LogP contribution in [0.5, 0.6) is 0 Å². The Balaban J connectivity index is 1.65. The molecule has 0 bridgehead atoms. The van der Waals surface area contributed by atoms with Gasteiger partial charge in [0.2, 0.25) is 5.91 Å². The van der Waals surface area contributed by atoms with Crippen LogP contribution in [0.4, 0.5) is 22.0 Å². The van der Waals surface area contributed by atoms with Gasteiger partial charge in [-0.15, -0.1) is 0 Å². The van der Waals surface area contributed by atoms with Gasteiger partial charge in [0.1, 0.15) is 5.82 Å². The van der Waals surface area contributed by atoms with E-state index < -0.39 is 65.8 Å². The lowest BCUT2D eigenvalue weighted by atomic mass is 9.72. The number of amides is 1. The highest BCUT2D eigenvalue weighted by Gasteiger charge is 2.67. The number of hydrogen-bond acceptors (Lipinski definition) is 5. The maximum atomic E-state index is 14.0. The lowest BCUT2D eigenvalue weighted by Gasteiger charge is -2.29. The van der Waals surface area contributed by atoms with Crippen LogP contribution in [0.2, 0.25) is 0 Å². The van der Waals surface area contributed by atoms with E-state index in [0.29, 0.717) is 29.4 Å². The molecule has 0 saturated heterocycles. The van der Waals surface area contributed by atoms with Crippen LogP contribution in [0, 0.1) is 28.6 Å². The number of halogens is 5. The van der Waals surface area contributed by atoms with Crippen molar-refractivity contribution in [1.29, 1.82) is 5.26 Å². The van der Waals surface area contributed by atoms with Crippen molar-refractivity contribution in [1.82, 2.24) is 9.97 Å². The number of imidazole rings is 1. The van der Waals surface area contributed by atoms with E-state index in [2.05, 4.69) is 16.0 Å². The van der Waals surface area contributed by atoms with E-state index in [9.17, 15) is 32.0 Å². The number of rotatable bonds is 9. The summed E-state index contributed by atoms with van der Waals surface area (Å²) in [7, 11) is 0. The molecule has 2 saturated carbocycles. The van der Waals surface area contributed by atoms with Gasteiger partial charge in [-0.1, -0.05) is 6.07 Å². The van der Waals surface area contributed by atoms with E-state index in [0.717, 1.165) is 6.92 Å². The summed E-state index contributed by atoms with van der Waals surface area (Å²) in [6.45, 7) is 2.29. The molecule has 190 valence electrons. The number of fused-ring (bicyclic) bond motifs is 1. The molecule has 7 nitrogen and oxygen atoms in total. The molecule has 2 fully saturated rings. The predicted octanol–water partition coefficient (Wildman–Crippen LogP) is 4.06. The minimum absolute atomic E-state index is 0.178. The summed E-state index contributed by atoms with van der Waals surface area (Å²) in [5.74, 6) is -6.99. The molecule has 0 spiro atoms. The summed E-state index contributed by atoms with van der Waals surface area (Å²) >= 11 is 0. The number of aromatic nitrogens is 2. The number of aromatic amines is 1. The quantitative estimate of drug-likeness (QED) is 0.448. The normalized spacial score (nSPS) is 24.7. The molecule has 1 amide bonds. The van der Waals surface area contributed by atoms with Gasteiger partial charge in [0, 0.05) is 18.3 Å². The smallest absolute Gasteiger partial charge is 0.369 e. The van der Waals surface area contributed by atoms with Crippen molar-refractivity contribution in [2.45, 2.75) is 69.4 Å². The number of carbonyl (C=O) groups is 1. The number of nitrogens with zero attached hydrogens (tertiary/aromatic N) is 2. The molecule has 2 aliphatic rings. The van der Waals surface area contributed by atoms with Crippen molar-refractivity contribution in [3.63, 3.8) is 0 Å². The zero-order valence-electron chi connectivity index (χ0n) is 19.1. The van der Waals surface area contributed by atoms with Crippen LogP contribution >= 0.6 is 0 Å². The average molecular weight is 499 g/mol. The first-order chi connectivity index (χ1) is 16.2. The van der Waals surface area contributed by atoms with E-state index in [1.165, 1.54) is 6.92 Å². The Morgan fingerprint density at radius 1 is 1.31 bits per heavy atom. The van der Waals surface area contributed by atoms with Gasteiger partial charge in [-0.3, -0.25) is 4.79 Å². The van der Waals surface area contributed by atoms with E-state index in [1.54, 1.807) is 18.2 Å². The summed E-state index contributed by atoms with van der Waals surface area (Å²) in [4.78, 5) is 19.6. The third-order valence-corrected chi connectivity index (χ3v) is 7.19. The summed E-state index contributed by atoms with van der Waals surface area (Å²) < 4.78 is 71.5. The predicted molar refractivity (Wildman–Crippen MR) is 115 cm³/mol. The number of primary amides is 1. The van der Waals surface area contributed by atoms with Crippen LogP contribution in [0.3, 0.4) is 0 Å². The van der Waals surface area contributed by atoms with E-state index in [4.69, 9.17) is 16.2 Å². The van der Waals surface area contributed by atoms with Gasteiger partial charge in [0.25, 0.3) is 5.92 Å². The fourth-order valence-electron chi connectivity index (χ4n) is 4.82. The van der Waals surface area contributed by atoms with Crippen LogP contribution in [0.1, 0.15) is 56.5 Å². The second-order valence-electron chi connectivity index (χ2n) is 9.69. The van der Waals surface area contributed by atoms with Crippen LogP contribution in [-0.4, -0.2) is 40.2 Å². The minimum atomic E-state index is -4.54. The first-order valence-electron chi connectivity index (χ1n) is 11.3. The highest BCUT2D eigenvalue weighted by Crippen LogP contribution is 2.64. The Kier molecular flexibility index (Phi) is 6.08. The number of hydrogen-bond donors (Lipinski definition) is 3. The summed E-state index contributed by atoms with van der Waals surface area (Å²) in [6, 6.07) is 6.01. The number of carbonyl (C=O) groups excluding carboxylic acids is 1. The molecular formula is C23H26F5N5O2. The number of nitriles is 1. The number of nitrogens with one attached hydrogen (secondary N) is 1. The van der Waals surface area contributed by atoms with Gasteiger partial charge < -0.3 is 21.2 Å². The molecule has 4 rings (SSSR count). The van der Waals surface area contributed by atoms with E-state index in [-0.39, 0.29) is 5.82 Å². The molecule has 2 aromatic rings. The first kappa shape index (κ1) is 25.3. The average Bonchev–Trinajstić information content (AvgIpc) is 3.63. The minimum Gasteiger partial charge on any atom is -0.369 e. The van der Waals surface area contributed by atoms with Crippen LogP contribution in [0.25, 0.3) is 11.0 Å². The zero-order chi connectivity index (χ0) is 25.9. The molecule has 1 aromatic carbocycles. The van der Waals surface area contributed by atoms with Crippen LogP contribution in [0.15, 0.2) is 18.2 Å². The summed E-state index contributed by atoms with van der Waals surface area (Å²) in [5, 5.41) is 9.81. The number of nitrogens with two attached hydrogens (primary N) is 2. The second kappa shape index (κ2) is 8.41. The summed E-state index contributed by atoms with van der Waals surface area (Å²) in [6.07, 6.45) is -7.13. The van der Waals surface area contributed by atoms with Gasteiger partial charge >= 0.3 is 6.18 Å². The lowest BCUT2D eigenvalue weighted by Crippen LogP contribution is -2.36. The molecule has 0 aliphatic heterocycles. The standard InChI is InChI=1S/C23H26F5N5O2/c1-10(35-11(2)23(26,27)28)18(30)20-32-14-4-3-12(7-15(14)33-20)17(21(9-29)5-6-21)16(19(31)34)13-8-22(13,24)25/h3-4,7,10-11,13,16-18H,5-6,8,30H2,1-2H3,(H2,31,34)(H,32,33)/t10-,11-,13+,16?,17-,18+/m1/s1. The van der Waals surface area contributed by atoms with Gasteiger partial charge in [0.05, 0.1) is 40.6 Å². The maximum Gasteiger partial charge on any atom is 0.414 e. The number of ether oxygens (including phenoxy) is 1. The number of alkyl halides is 5. The van der Waals surface area contributed by atoms with Gasteiger partial charge in [0.15, 0.2) is 6.10 Å². The lowest BCUT2D eigenvalue weighted by molar-refractivity contribution is -0.227. The Morgan fingerprint density at radius 2 is 1.94 bits per heavy atom. The van der Waals surface area contributed by atoms with Crippen molar-refractivity contribution >= 4 is 16.9 Å². The van der Waals surface area contributed by atoms with Gasteiger partial charge in [-0.25, -0.2) is 13.8 Å². The van der Waals surface area contributed by atoms with Crippen molar-refractivity contribution in [2.75, 3.05) is 0 Å². The largest absolute Gasteiger partial charge is 0.414 e. The highest BCUT2D eigenvalue weighted by molar-refractivity contribution is 5.81. The van der Waals surface area contributed by atoms with Crippen molar-refractivity contribution in [3.05, 3.63) is 29.6 Å². The van der Waals surface area contributed by atoms with Crippen molar-refractivity contribution < 1.29 is 31.5 Å². The Morgan fingerprint density at radius 3 is 2.43 bits per heavy atom. The molecule has 12 heteroatoms. The maximum absolute atomic E-state index is 14.0. The molecular weight excluding hydrogens is 473 g/mol. The highest BCUT2D eigenvalue weighted by atomic mass is 19.4. The zero-order valence-corrected chi connectivity index (χ0v) is 19.1. The molecule has 5 N–H and O–H groups in total. The van der Waals surface area contributed by atoms with Gasteiger partial charge in [-0.05, 0) is 44.4 Å². The molecule has 2 aliphatic carbocycles. The Bertz CT molecular complexity index is 1170. The summed E-state index contributed by atoms with van der Waals surface area (Å²) in [5.41, 5.74) is 12.0. The van der Waals surface area contributed by atoms with Crippen molar-refractivity contribution in [2.24, 2.45) is 28.7 Å². The first-order valence-corrected chi connectivity index (χ1v) is 11.3. The molecule has 35 heavy (non-hydrogen) atoms. The topological polar surface area (TPSA) is 131 Å².